The van der Waals surface area contributed by atoms with E-state index in [2.05, 4.69) is 64.7 Å². The molecule has 0 saturated carbocycles. The van der Waals surface area contributed by atoms with Gasteiger partial charge in [0, 0.05) is 31.2 Å². The van der Waals surface area contributed by atoms with Gasteiger partial charge in [0.1, 0.15) is 0 Å². The first-order chi connectivity index (χ1) is 9.79. The molecular formula is C17H30N4. The van der Waals surface area contributed by atoms with E-state index in [1.807, 2.05) is 22.6 Å². The average molecular weight is 290 g/mol. The van der Waals surface area contributed by atoms with E-state index in [0.717, 1.165) is 6.54 Å². The van der Waals surface area contributed by atoms with Crippen LogP contribution in [0.15, 0.2) is 12.3 Å². The van der Waals surface area contributed by atoms with Gasteiger partial charge in [0.2, 0.25) is 0 Å². The van der Waals surface area contributed by atoms with Crippen LogP contribution in [0, 0.1) is 13.8 Å². The summed E-state index contributed by atoms with van der Waals surface area (Å²) in [7, 11) is 1.99. The maximum absolute atomic E-state index is 4.35. The third kappa shape index (κ3) is 4.19. The maximum Gasteiger partial charge on any atom is 0.0630 e. The van der Waals surface area contributed by atoms with Gasteiger partial charge in [-0.3, -0.25) is 9.36 Å². The third-order valence-electron chi connectivity index (χ3n) is 3.78. The first-order valence-corrected chi connectivity index (χ1v) is 7.81. The molecule has 0 saturated heterocycles. The van der Waals surface area contributed by atoms with Crippen molar-refractivity contribution < 1.29 is 0 Å². The number of hydrogen-bond acceptors (Lipinski definition) is 2. The summed E-state index contributed by atoms with van der Waals surface area (Å²) in [5, 5.41) is 8.52. The molecule has 0 amide bonds. The maximum atomic E-state index is 4.35. The summed E-state index contributed by atoms with van der Waals surface area (Å²) in [6.07, 6.45) is 1.86. The molecule has 0 fully saturated rings. The number of aromatic nitrogens is 4. The van der Waals surface area contributed by atoms with Crippen LogP contribution in [-0.4, -0.2) is 19.6 Å². The number of hydrogen-bond donors (Lipinski definition) is 0. The van der Waals surface area contributed by atoms with Crippen LogP contribution in [0.4, 0.5) is 0 Å². The van der Waals surface area contributed by atoms with Crippen LogP contribution >= 0.6 is 0 Å². The van der Waals surface area contributed by atoms with Crippen molar-refractivity contribution in [3.05, 3.63) is 34.9 Å². The Balaban J connectivity index is 0.000000211. The first kappa shape index (κ1) is 17.5. The van der Waals surface area contributed by atoms with Crippen LogP contribution in [0.5, 0.6) is 0 Å². The molecule has 2 aromatic heterocycles. The molecule has 118 valence electrons. The zero-order valence-corrected chi connectivity index (χ0v) is 14.8. The Morgan fingerprint density at radius 3 is 2.00 bits per heavy atom. The zero-order chi connectivity index (χ0) is 16.2. The van der Waals surface area contributed by atoms with Crippen molar-refractivity contribution in [3.63, 3.8) is 0 Å². The van der Waals surface area contributed by atoms with Crippen molar-refractivity contribution in [2.45, 2.75) is 66.8 Å². The van der Waals surface area contributed by atoms with Crippen molar-refractivity contribution >= 4 is 0 Å². The van der Waals surface area contributed by atoms with Gasteiger partial charge in [-0.2, -0.15) is 10.2 Å². The van der Waals surface area contributed by atoms with E-state index in [1.54, 1.807) is 0 Å². The van der Waals surface area contributed by atoms with Gasteiger partial charge in [0.15, 0.2) is 0 Å². The second-order valence-electron chi connectivity index (χ2n) is 6.09. The van der Waals surface area contributed by atoms with E-state index in [9.17, 15) is 0 Å². The molecule has 2 heterocycles. The molecule has 0 aliphatic heterocycles. The fraction of sp³-hybridized carbons (Fsp3) is 0.647. The van der Waals surface area contributed by atoms with E-state index >= 15 is 0 Å². The summed E-state index contributed by atoms with van der Waals surface area (Å²) in [5.41, 5.74) is 5.17. The molecular weight excluding hydrogens is 260 g/mol. The van der Waals surface area contributed by atoms with Gasteiger partial charge < -0.3 is 0 Å². The Kier molecular flexibility index (Phi) is 6.19. The van der Waals surface area contributed by atoms with Crippen LogP contribution in [0.3, 0.4) is 0 Å². The zero-order valence-electron chi connectivity index (χ0n) is 14.8. The van der Waals surface area contributed by atoms with Gasteiger partial charge in [0.25, 0.3) is 0 Å². The highest BCUT2D eigenvalue weighted by Crippen LogP contribution is 2.21. The van der Waals surface area contributed by atoms with Crippen molar-refractivity contribution in [3.8, 4) is 0 Å². The van der Waals surface area contributed by atoms with Gasteiger partial charge in [-0.25, -0.2) is 0 Å². The van der Waals surface area contributed by atoms with Crippen LogP contribution in [-0.2, 0) is 13.6 Å². The third-order valence-corrected chi connectivity index (χ3v) is 3.78. The summed E-state index contributed by atoms with van der Waals surface area (Å²) >= 11 is 0. The molecule has 21 heavy (non-hydrogen) atoms. The lowest BCUT2D eigenvalue weighted by atomic mass is 10.0. The van der Waals surface area contributed by atoms with Crippen molar-refractivity contribution in [2.24, 2.45) is 7.05 Å². The monoisotopic (exact) mass is 290 g/mol. The average Bonchev–Trinajstić information content (AvgIpc) is 2.95. The minimum absolute atomic E-state index is 0.586. The summed E-state index contributed by atoms with van der Waals surface area (Å²) in [6, 6.07) is 2.08. The van der Waals surface area contributed by atoms with E-state index in [4.69, 9.17) is 0 Å². The summed E-state index contributed by atoms with van der Waals surface area (Å²) in [4.78, 5) is 0. The molecule has 4 heteroatoms. The highest BCUT2D eigenvalue weighted by atomic mass is 15.3. The molecule has 0 radical (unpaired) electrons. The fourth-order valence-corrected chi connectivity index (χ4v) is 2.72. The largest absolute Gasteiger partial charge is 0.272 e. The van der Waals surface area contributed by atoms with Crippen LogP contribution in [0.25, 0.3) is 0 Å². The van der Waals surface area contributed by atoms with Crippen molar-refractivity contribution in [1.29, 1.82) is 0 Å². The summed E-state index contributed by atoms with van der Waals surface area (Å²) < 4.78 is 3.98. The molecule has 2 aromatic rings. The second kappa shape index (κ2) is 7.43. The molecule has 0 unspecified atom stereocenters. The van der Waals surface area contributed by atoms with Crippen molar-refractivity contribution in [2.75, 3.05) is 0 Å². The van der Waals surface area contributed by atoms with Gasteiger partial charge in [-0.15, -0.1) is 0 Å². The minimum Gasteiger partial charge on any atom is -0.272 e. The molecule has 0 bridgehead atoms. The lowest BCUT2D eigenvalue weighted by Crippen LogP contribution is -2.03. The first-order valence-electron chi connectivity index (χ1n) is 7.81. The van der Waals surface area contributed by atoms with Crippen LogP contribution < -0.4 is 0 Å². The minimum atomic E-state index is 0.586. The molecule has 0 N–H and O–H groups in total. The Bertz CT molecular complexity index is 561. The van der Waals surface area contributed by atoms with Gasteiger partial charge in [-0.05, 0) is 44.2 Å². The summed E-state index contributed by atoms with van der Waals surface area (Å²) in [5.74, 6) is 1.17. The predicted octanol–water partition coefficient (Wildman–Crippen LogP) is 4.19. The molecule has 4 nitrogen and oxygen atoms in total. The molecule has 0 spiro atoms. The molecule has 0 aromatic carbocycles. The molecule has 0 atom stereocenters. The fourth-order valence-electron chi connectivity index (χ4n) is 2.72. The Morgan fingerprint density at radius 2 is 1.71 bits per heavy atom. The number of rotatable bonds is 3. The van der Waals surface area contributed by atoms with E-state index < -0.39 is 0 Å². The number of aryl methyl sites for hydroxylation is 3. The lowest BCUT2D eigenvalue weighted by Gasteiger charge is -2.06. The van der Waals surface area contributed by atoms with Crippen LogP contribution in [0.2, 0.25) is 0 Å². The Labute approximate surface area is 129 Å². The van der Waals surface area contributed by atoms with Gasteiger partial charge >= 0.3 is 0 Å². The standard InChI is InChI=1S/C9H16N2.C8H14N2/c1-6(2)9-7(3)10-11(5)8(9)4;1-4-10-8(7(2)3)5-6-9-10/h6H,1-5H3;5-7H,4H2,1-3H3. The molecule has 0 aliphatic carbocycles. The molecule has 2 rings (SSSR count). The normalized spacial score (nSPS) is 11.0. The topological polar surface area (TPSA) is 35.6 Å². The Morgan fingerprint density at radius 1 is 1.10 bits per heavy atom. The van der Waals surface area contributed by atoms with E-state index in [1.165, 1.54) is 22.6 Å². The predicted molar refractivity (Wildman–Crippen MR) is 88.8 cm³/mol. The summed E-state index contributed by atoms with van der Waals surface area (Å²) in [6.45, 7) is 16.1. The van der Waals surface area contributed by atoms with Crippen LogP contribution in [0.1, 0.15) is 69.1 Å². The SMILES string of the molecule is CCn1nccc1C(C)C.Cc1nn(C)c(C)c1C(C)C. The highest BCUT2D eigenvalue weighted by Gasteiger charge is 2.11. The van der Waals surface area contributed by atoms with E-state index in [0.29, 0.717) is 11.8 Å². The highest BCUT2D eigenvalue weighted by molar-refractivity contribution is 5.27. The Hall–Kier alpha value is -1.58. The van der Waals surface area contributed by atoms with Gasteiger partial charge in [0.05, 0.1) is 5.69 Å². The van der Waals surface area contributed by atoms with E-state index in [-0.39, 0.29) is 0 Å². The van der Waals surface area contributed by atoms with Gasteiger partial charge in [-0.1, -0.05) is 27.7 Å². The number of nitrogens with zero attached hydrogens (tertiary/aromatic N) is 4. The molecule has 0 aliphatic rings. The lowest BCUT2D eigenvalue weighted by molar-refractivity contribution is 0.598. The smallest absolute Gasteiger partial charge is 0.0630 e. The van der Waals surface area contributed by atoms with Crippen molar-refractivity contribution in [1.82, 2.24) is 19.6 Å². The second-order valence-corrected chi connectivity index (χ2v) is 6.09. The quantitative estimate of drug-likeness (QED) is 0.850.